The molecule has 132 valence electrons. The largest absolute Gasteiger partial charge is 0.328 e. The van der Waals surface area contributed by atoms with E-state index in [1.807, 2.05) is 26.0 Å². The monoisotopic (exact) mass is 360 g/mol. The molecule has 0 saturated carbocycles. The molecule has 1 aliphatic heterocycles. The molecule has 1 aliphatic rings. The standard InChI is InChI=1S/C17H28N2O2S.ClH/c1-12-10-14(17(3,4)5)11-13(2)16(12)22(20,21)19-8-6-15(18)7-9-19;/h10-11,15H,6-9,18H2,1-5H3;1H. The quantitative estimate of drug-likeness (QED) is 0.881. The summed E-state index contributed by atoms with van der Waals surface area (Å²) < 4.78 is 27.5. The highest BCUT2D eigenvalue weighted by Gasteiger charge is 2.31. The average molecular weight is 361 g/mol. The van der Waals surface area contributed by atoms with Crippen molar-refractivity contribution in [1.82, 2.24) is 4.31 Å². The third kappa shape index (κ3) is 4.27. The predicted octanol–water partition coefficient (Wildman–Crippen LogP) is 3.13. The van der Waals surface area contributed by atoms with Crippen LogP contribution in [-0.2, 0) is 15.4 Å². The van der Waals surface area contributed by atoms with Crippen molar-refractivity contribution in [3.05, 3.63) is 28.8 Å². The van der Waals surface area contributed by atoms with E-state index in [0.717, 1.165) is 24.0 Å². The van der Waals surface area contributed by atoms with Gasteiger partial charge in [0.05, 0.1) is 4.90 Å². The van der Waals surface area contributed by atoms with Gasteiger partial charge in [-0.15, -0.1) is 12.4 Å². The highest BCUT2D eigenvalue weighted by atomic mass is 35.5. The first-order valence-electron chi connectivity index (χ1n) is 7.91. The molecule has 0 aromatic heterocycles. The fraction of sp³-hybridized carbons (Fsp3) is 0.647. The van der Waals surface area contributed by atoms with E-state index >= 15 is 0 Å². The average Bonchev–Trinajstić information content (AvgIpc) is 2.36. The van der Waals surface area contributed by atoms with E-state index in [0.29, 0.717) is 18.0 Å². The van der Waals surface area contributed by atoms with E-state index in [1.54, 1.807) is 4.31 Å². The van der Waals surface area contributed by atoms with E-state index in [-0.39, 0.29) is 23.9 Å². The van der Waals surface area contributed by atoms with Crippen molar-refractivity contribution in [3.63, 3.8) is 0 Å². The number of nitrogens with two attached hydrogens (primary N) is 1. The molecule has 1 aromatic carbocycles. The summed E-state index contributed by atoms with van der Waals surface area (Å²) in [7, 11) is -3.43. The van der Waals surface area contributed by atoms with Crippen LogP contribution in [0.15, 0.2) is 17.0 Å². The summed E-state index contributed by atoms with van der Waals surface area (Å²) in [5.74, 6) is 0. The first-order chi connectivity index (χ1) is 10.0. The van der Waals surface area contributed by atoms with Crippen LogP contribution in [0.3, 0.4) is 0 Å². The maximum atomic E-state index is 13.0. The second kappa shape index (κ2) is 7.09. The van der Waals surface area contributed by atoms with Crippen LogP contribution in [0.2, 0.25) is 0 Å². The van der Waals surface area contributed by atoms with Crippen LogP contribution >= 0.6 is 12.4 Å². The summed E-state index contributed by atoms with van der Waals surface area (Å²) in [6, 6.07) is 4.14. The molecule has 23 heavy (non-hydrogen) atoms. The van der Waals surface area contributed by atoms with Crippen molar-refractivity contribution in [3.8, 4) is 0 Å². The number of sulfonamides is 1. The Labute approximate surface area is 146 Å². The Morgan fingerprint density at radius 1 is 1.09 bits per heavy atom. The van der Waals surface area contributed by atoms with Gasteiger partial charge in [-0.25, -0.2) is 8.42 Å². The highest BCUT2D eigenvalue weighted by molar-refractivity contribution is 7.89. The lowest BCUT2D eigenvalue weighted by Gasteiger charge is -2.31. The highest BCUT2D eigenvalue weighted by Crippen LogP contribution is 2.31. The molecule has 4 nitrogen and oxygen atoms in total. The molecule has 1 heterocycles. The van der Waals surface area contributed by atoms with Gasteiger partial charge in [0.2, 0.25) is 10.0 Å². The molecular weight excluding hydrogens is 332 g/mol. The van der Waals surface area contributed by atoms with Crippen LogP contribution in [0.25, 0.3) is 0 Å². The Bertz CT molecular complexity index is 635. The topological polar surface area (TPSA) is 63.4 Å². The van der Waals surface area contributed by atoms with E-state index < -0.39 is 10.0 Å². The van der Waals surface area contributed by atoms with Gasteiger partial charge in [-0.05, 0) is 48.8 Å². The number of halogens is 1. The van der Waals surface area contributed by atoms with Gasteiger partial charge in [-0.3, -0.25) is 0 Å². The van der Waals surface area contributed by atoms with Gasteiger partial charge in [0.1, 0.15) is 0 Å². The lowest BCUT2D eigenvalue weighted by Crippen LogP contribution is -2.43. The molecule has 2 rings (SSSR count). The number of aryl methyl sites for hydroxylation is 2. The summed E-state index contributed by atoms with van der Waals surface area (Å²) in [5, 5.41) is 0. The second-order valence-electron chi connectivity index (χ2n) is 7.43. The Hall–Kier alpha value is -0.620. The molecule has 1 saturated heterocycles. The van der Waals surface area contributed by atoms with Crippen molar-refractivity contribution in [2.24, 2.45) is 5.73 Å². The summed E-state index contributed by atoms with van der Waals surface area (Å²) in [6.45, 7) is 11.2. The van der Waals surface area contributed by atoms with Crippen LogP contribution in [0.1, 0.15) is 50.3 Å². The van der Waals surface area contributed by atoms with E-state index in [4.69, 9.17) is 5.73 Å². The maximum absolute atomic E-state index is 13.0. The van der Waals surface area contributed by atoms with E-state index in [2.05, 4.69) is 20.8 Å². The lowest BCUT2D eigenvalue weighted by atomic mass is 9.85. The van der Waals surface area contributed by atoms with Gasteiger partial charge < -0.3 is 5.73 Å². The van der Waals surface area contributed by atoms with Crippen molar-refractivity contribution >= 4 is 22.4 Å². The lowest BCUT2D eigenvalue weighted by molar-refractivity contribution is 0.319. The van der Waals surface area contributed by atoms with Crippen LogP contribution in [0.4, 0.5) is 0 Å². The molecular formula is C17H29ClN2O2S. The number of hydrogen-bond acceptors (Lipinski definition) is 3. The number of piperidine rings is 1. The Balaban J connectivity index is 0.00000264. The van der Waals surface area contributed by atoms with Crippen molar-refractivity contribution in [2.75, 3.05) is 13.1 Å². The molecule has 0 atom stereocenters. The van der Waals surface area contributed by atoms with Gasteiger partial charge in [0.25, 0.3) is 0 Å². The normalized spacial score (nSPS) is 17.8. The molecule has 2 N–H and O–H groups in total. The molecule has 1 fully saturated rings. The molecule has 0 bridgehead atoms. The molecule has 0 unspecified atom stereocenters. The Morgan fingerprint density at radius 3 is 1.91 bits per heavy atom. The van der Waals surface area contributed by atoms with Gasteiger partial charge in [0.15, 0.2) is 0 Å². The van der Waals surface area contributed by atoms with Crippen LogP contribution in [0.5, 0.6) is 0 Å². The Kier molecular flexibility index (Phi) is 6.30. The minimum absolute atomic E-state index is 0. The van der Waals surface area contributed by atoms with Gasteiger partial charge in [-0.1, -0.05) is 32.9 Å². The third-order valence-electron chi connectivity index (χ3n) is 4.42. The van der Waals surface area contributed by atoms with Gasteiger partial charge in [0, 0.05) is 19.1 Å². The van der Waals surface area contributed by atoms with Crippen molar-refractivity contribution < 1.29 is 8.42 Å². The summed E-state index contributed by atoms with van der Waals surface area (Å²) in [5.41, 5.74) is 8.73. The van der Waals surface area contributed by atoms with Gasteiger partial charge >= 0.3 is 0 Å². The second-order valence-corrected chi connectivity index (χ2v) is 9.31. The number of rotatable bonds is 2. The van der Waals surface area contributed by atoms with E-state index in [9.17, 15) is 8.42 Å². The smallest absolute Gasteiger partial charge is 0.243 e. The van der Waals surface area contributed by atoms with Crippen LogP contribution in [0, 0.1) is 13.8 Å². The summed E-state index contributed by atoms with van der Waals surface area (Å²) in [4.78, 5) is 0.468. The summed E-state index contributed by atoms with van der Waals surface area (Å²) >= 11 is 0. The number of nitrogens with zero attached hydrogens (tertiary/aromatic N) is 1. The zero-order valence-electron chi connectivity index (χ0n) is 14.7. The fourth-order valence-electron chi connectivity index (χ4n) is 3.04. The molecule has 0 radical (unpaired) electrons. The molecule has 0 spiro atoms. The zero-order chi connectivity index (χ0) is 16.7. The minimum Gasteiger partial charge on any atom is -0.328 e. The third-order valence-corrected chi connectivity index (χ3v) is 6.63. The van der Waals surface area contributed by atoms with E-state index in [1.165, 1.54) is 5.56 Å². The Morgan fingerprint density at radius 2 is 1.52 bits per heavy atom. The van der Waals surface area contributed by atoms with Crippen molar-refractivity contribution in [2.45, 2.75) is 63.8 Å². The molecule has 0 amide bonds. The summed E-state index contributed by atoms with van der Waals surface area (Å²) in [6.07, 6.45) is 1.47. The maximum Gasteiger partial charge on any atom is 0.243 e. The predicted molar refractivity (Wildman–Crippen MR) is 97.8 cm³/mol. The first-order valence-corrected chi connectivity index (χ1v) is 9.35. The zero-order valence-corrected chi connectivity index (χ0v) is 16.4. The van der Waals surface area contributed by atoms with Gasteiger partial charge in [-0.2, -0.15) is 4.31 Å². The number of hydrogen-bond donors (Lipinski definition) is 1. The molecule has 0 aliphatic carbocycles. The first kappa shape index (κ1) is 20.4. The number of benzene rings is 1. The SMILES string of the molecule is Cc1cc(C(C)(C)C)cc(C)c1S(=O)(=O)N1CCC(N)CC1.Cl. The molecule has 6 heteroatoms. The fourth-order valence-corrected chi connectivity index (χ4v) is 4.92. The minimum atomic E-state index is -3.43. The van der Waals surface area contributed by atoms with Crippen molar-refractivity contribution in [1.29, 1.82) is 0 Å². The van der Waals surface area contributed by atoms with Crippen LogP contribution in [-0.4, -0.2) is 31.9 Å². The molecule has 1 aromatic rings. The van der Waals surface area contributed by atoms with Crippen LogP contribution < -0.4 is 5.73 Å².